The van der Waals surface area contributed by atoms with E-state index < -0.39 is 34.0 Å². The number of hydrogen-bond donors (Lipinski definition) is 0. The van der Waals surface area contributed by atoms with Crippen molar-refractivity contribution >= 4 is 33.2 Å². The van der Waals surface area contributed by atoms with E-state index in [1.54, 1.807) is 19.1 Å². The van der Waals surface area contributed by atoms with Crippen molar-refractivity contribution in [1.82, 2.24) is 4.90 Å². The highest BCUT2D eigenvalue weighted by molar-refractivity contribution is 9.10. The minimum atomic E-state index is -4.78. The molecular weight excluding hydrogens is 657 g/mol. The van der Waals surface area contributed by atoms with Crippen LogP contribution in [0.2, 0.25) is 0 Å². The van der Waals surface area contributed by atoms with Gasteiger partial charge in [-0.05, 0) is 76.4 Å². The van der Waals surface area contributed by atoms with Gasteiger partial charge in [0, 0.05) is 54.4 Å². The lowest BCUT2D eigenvalue weighted by molar-refractivity contribution is -0.385. The molecule has 2 aliphatic carbocycles. The molecule has 5 rings (SSSR count). The molecular formula is C33H34BrF3N2O6. The molecule has 0 aromatic heterocycles. The number of nitrogens with zero attached hydrogens (tertiary/aromatic N) is 2. The number of benzene rings is 2. The molecule has 12 heteroatoms. The molecule has 0 fully saturated rings. The van der Waals surface area contributed by atoms with Crippen LogP contribution in [0.5, 0.6) is 17.2 Å². The van der Waals surface area contributed by atoms with Gasteiger partial charge >= 0.3 is 11.9 Å². The number of halogens is 4. The summed E-state index contributed by atoms with van der Waals surface area (Å²) in [6.07, 6.45) is -2.86. The Morgan fingerprint density at radius 2 is 1.51 bits per heavy atom. The van der Waals surface area contributed by atoms with Gasteiger partial charge in [0.05, 0.1) is 21.6 Å². The van der Waals surface area contributed by atoms with Crippen LogP contribution in [0.4, 0.5) is 18.9 Å². The van der Waals surface area contributed by atoms with Crippen LogP contribution in [0.3, 0.4) is 0 Å². The van der Waals surface area contributed by atoms with E-state index in [1.807, 2.05) is 39.6 Å². The summed E-state index contributed by atoms with van der Waals surface area (Å²) in [5.74, 6) is -1.03. The van der Waals surface area contributed by atoms with Crippen molar-refractivity contribution in [3.8, 4) is 17.2 Å². The van der Waals surface area contributed by atoms with Crippen molar-refractivity contribution in [3.63, 3.8) is 0 Å². The molecule has 0 spiro atoms. The number of hydrogen-bond acceptors (Lipinski definition) is 7. The van der Waals surface area contributed by atoms with Crippen molar-refractivity contribution in [2.45, 2.75) is 72.4 Å². The van der Waals surface area contributed by atoms with Gasteiger partial charge in [0.25, 0.3) is 0 Å². The Labute approximate surface area is 267 Å². The Hall–Kier alpha value is -3.67. The third kappa shape index (κ3) is 6.13. The van der Waals surface area contributed by atoms with E-state index in [0.717, 1.165) is 17.5 Å². The number of ether oxygens (including phenoxy) is 2. The van der Waals surface area contributed by atoms with Crippen LogP contribution >= 0.6 is 15.9 Å². The largest absolute Gasteiger partial charge is 0.490 e. The maximum Gasteiger partial charge on any atom is 0.416 e. The van der Waals surface area contributed by atoms with Crippen molar-refractivity contribution < 1.29 is 37.2 Å². The summed E-state index contributed by atoms with van der Waals surface area (Å²) in [5, 5.41) is 11.7. The molecule has 240 valence electrons. The molecule has 8 nitrogen and oxygen atoms in total. The highest BCUT2D eigenvalue weighted by atomic mass is 79.9. The standard InChI is InChI=1S/C33H34BrF3N2O6/c1-7-44-26-11-17(10-19(34)30(26)45-25-9-8-18(33(35,36)37)12-20(25)39(42)43)27-28-21(13-31(2,3)15-23(28)40)38(6)22-14-32(4,5)16-24(41)29(22)27/h8-12,27H,7,13-16H2,1-6H3. The number of alkyl halides is 3. The number of rotatable bonds is 6. The smallest absolute Gasteiger partial charge is 0.416 e. The number of nitro groups is 1. The number of carbonyl (C=O) groups excluding carboxylic acids is 2. The molecule has 2 aromatic rings. The fourth-order valence-electron chi connectivity index (χ4n) is 6.65. The van der Waals surface area contributed by atoms with Crippen LogP contribution in [0.15, 0.2) is 57.3 Å². The number of Topliss-reactive ketones (excluding diaryl/α,β-unsaturated/α-hetero) is 2. The first-order valence-electron chi connectivity index (χ1n) is 14.6. The maximum atomic E-state index is 13.9. The first-order chi connectivity index (χ1) is 20.8. The lowest BCUT2D eigenvalue weighted by atomic mass is 9.64. The third-order valence-corrected chi connectivity index (χ3v) is 9.13. The van der Waals surface area contributed by atoms with Crippen molar-refractivity contribution in [2.75, 3.05) is 13.7 Å². The average Bonchev–Trinajstić information content (AvgIpc) is 2.90. The maximum absolute atomic E-state index is 13.9. The molecule has 0 N–H and O–H groups in total. The Balaban J connectivity index is 1.68. The van der Waals surface area contributed by atoms with E-state index in [0.29, 0.717) is 54.5 Å². The Kier molecular flexibility index (Phi) is 8.21. The zero-order valence-corrected chi connectivity index (χ0v) is 27.4. The highest BCUT2D eigenvalue weighted by Gasteiger charge is 2.48. The van der Waals surface area contributed by atoms with Crippen LogP contribution < -0.4 is 9.47 Å². The molecule has 1 aliphatic heterocycles. The normalized spacial score (nSPS) is 19.8. The van der Waals surface area contributed by atoms with Gasteiger partial charge in [0.15, 0.2) is 23.1 Å². The van der Waals surface area contributed by atoms with Gasteiger partial charge < -0.3 is 14.4 Å². The van der Waals surface area contributed by atoms with Crippen LogP contribution in [-0.2, 0) is 15.8 Å². The monoisotopic (exact) mass is 690 g/mol. The van der Waals surface area contributed by atoms with E-state index in [2.05, 4.69) is 15.9 Å². The summed E-state index contributed by atoms with van der Waals surface area (Å²) in [7, 11) is 1.92. The van der Waals surface area contributed by atoms with Gasteiger partial charge in [-0.15, -0.1) is 0 Å². The highest BCUT2D eigenvalue weighted by Crippen LogP contribution is 2.55. The SMILES string of the molecule is CCOc1cc(C2C3=C(CC(C)(C)CC3=O)N(C)C3=C2C(=O)CC(C)(C)C3)cc(Br)c1Oc1ccc(C(F)(F)F)cc1[N+](=O)[O-]. The van der Waals surface area contributed by atoms with Gasteiger partial charge in [0.2, 0.25) is 5.75 Å². The minimum absolute atomic E-state index is 0.00648. The lowest BCUT2D eigenvalue weighted by Gasteiger charge is -2.48. The third-order valence-electron chi connectivity index (χ3n) is 8.54. The molecule has 0 atom stereocenters. The van der Waals surface area contributed by atoms with Gasteiger partial charge in [-0.2, -0.15) is 13.2 Å². The summed E-state index contributed by atoms with van der Waals surface area (Å²) < 4.78 is 51.9. The van der Waals surface area contributed by atoms with Crippen LogP contribution in [0.25, 0.3) is 0 Å². The topological polar surface area (TPSA) is 99.0 Å². The van der Waals surface area contributed by atoms with Crippen LogP contribution in [0, 0.1) is 20.9 Å². The second-order valence-corrected chi connectivity index (χ2v) is 14.3. The number of allylic oxidation sites excluding steroid dienone is 4. The second kappa shape index (κ2) is 11.3. The minimum Gasteiger partial charge on any atom is -0.490 e. The second-order valence-electron chi connectivity index (χ2n) is 13.4. The molecule has 45 heavy (non-hydrogen) atoms. The van der Waals surface area contributed by atoms with Crippen molar-refractivity contribution in [3.05, 3.63) is 78.6 Å². The van der Waals surface area contributed by atoms with Gasteiger partial charge in [-0.1, -0.05) is 27.7 Å². The Bertz CT molecular complexity index is 1640. The summed E-state index contributed by atoms with van der Waals surface area (Å²) in [4.78, 5) is 40.5. The summed E-state index contributed by atoms with van der Waals surface area (Å²) >= 11 is 3.49. The van der Waals surface area contributed by atoms with Gasteiger partial charge in [0.1, 0.15) is 0 Å². The molecule has 0 saturated heterocycles. The van der Waals surface area contributed by atoms with E-state index >= 15 is 0 Å². The van der Waals surface area contributed by atoms with Crippen LogP contribution in [0.1, 0.15) is 77.3 Å². The molecule has 0 unspecified atom stereocenters. The molecule has 0 radical (unpaired) electrons. The predicted octanol–water partition coefficient (Wildman–Crippen LogP) is 8.88. The number of ketones is 2. The molecule has 0 amide bonds. The zero-order valence-electron chi connectivity index (χ0n) is 25.9. The van der Waals surface area contributed by atoms with Crippen molar-refractivity contribution in [1.29, 1.82) is 0 Å². The van der Waals surface area contributed by atoms with Crippen LogP contribution in [-0.4, -0.2) is 35.0 Å². The molecule has 0 saturated carbocycles. The molecule has 3 aliphatic rings. The Morgan fingerprint density at radius 1 is 0.956 bits per heavy atom. The number of nitro benzene ring substituents is 1. The fraction of sp³-hybridized carbons (Fsp3) is 0.455. The van der Waals surface area contributed by atoms with E-state index in [9.17, 15) is 32.9 Å². The summed E-state index contributed by atoms with van der Waals surface area (Å²) in [6, 6.07) is 5.35. The first kappa shape index (κ1) is 32.7. The first-order valence-corrected chi connectivity index (χ1v) is 15.4. The summed E-state index contributed by atoms with van der Waals surface area (Å²) in [6.45, 7) is 10.1. The molecule has 0 bridgehead atoms. The van der Waals surface area contributed by atoms with Gasteiger partial charge in [-0.25, -0.2) is 0 Å². The zero-order chi connectivity index (χ0) is 33.2. The van der Waals surface area contributed by atoms with Crippen molar-refractivity contribution in [2.24, 2.45) is 10.8 Å². The van der Waals surface area contributed by atoms with Gasteiger partial charge in [-0.3, -0.25) is 19.7 Å². The molecule has 1 heterocycles. The Morgan fingerprint density at radius 3 is 2.00 bits per heavy atom. The quantitative estimate of drug-likeness (QED) is 0.220. The summed E-state index contributed by atoms with van der Waals surface area (Å²) in [5.41, 5.74) is 0.869. The predicted molar refractivity (Wildman–Crippen MR) is 164 cm³/mol. The van der Waals surface area contributed by atoms with E-state index in [-0.39, 0.29) is 45.0 Å². The van der Waals surface area contributed by atoms with E-state index in [1.165, 1.54) is 0 Å². The molecule has 2 aromatic carbocycles. The fourth-order valence-corrected chi connectivity index (χ4v) is 7.19. The average molecular weight is 692 g/mol. The lowest BCUT2D eigenvalue weighted by Crippen LogP contribution is -2.43. The van der Waals surface area contributed by atoms with E-state index in [4.69, 9.17) is 9.47 Å². The number of carbonyl (C=O) groups is 2.